The molecule has 2 rings (SSSR count). The maximum atomic E-state index is 11.7. The molecule has 1 fully saturated rings. The van der Waals surface area contributed by atoms with E-state index < -0.39 is 0 Å². The highest BCUT2D eigenvalue weighted by Crippen LogP contribution is 2.23. The van der Waals surface area contributed by atoms with Crippen molar-refractivity contribution in [1.29, 1.82) is 0 Å². The van der Waals surface area contributed by atoms with Crippen molar-refractivity contribution in [2.75, 3.05) is 6.54 Å². The maximum absolute atomic E-state index is 11.7. The SMILES string of the molecule is O=C(NCc1ccccc1)NCC1CCCC(O)C1. The molecule has 4 nitrogen and oxygen atoms in total. The van der Waals surface area contributed by atoms with Gasteiger partial charge in [0, 0.05) is 13.1 Å². The zero-order valence-corrected chi connectivity index (χ0v) is 11.1. The average Bonchev–Trinajstić information content (AvgIpc) is 2.44. The summed E-state index contributed by atoms with van der Waals surface area (Å²) in [4.78, 5) is 11.7. The van der Waals surface area contributed by atoms with Crippen LogP contribution in [-0.4, -0.2) is 23.8 Å². The third-order valence-electron chi connectivity index (χ3n) is 3.60. The van der Waals surface area contributed by atoms with E-state index in [2.05, 4.69) is 10.6 Å². The first-order valence-electron chi connectivity index (χ1n) is 6.97. The minimum Gasteiger partial charge on any atom is -0.393 e. The van der Waals surface area contributed by atoms with Crippen LogP contribution in [0.4, 0.5) is 4.79 Å². The first-order chi connectivity index (χ1) is 9.24. The monoisotopic (exact) mass is 262 g/mol. The van der Waals surface area contributed by atoms with Crippen LogP contribution in [0.15, 0.2) is 30.3 Å². The Balaban J connectivity index is 1.64. The number of nitrogens with one attached hydrogen (secondary N) is 2. The lowest BCUT2D eigenvalue weighted by Gasteiger charge is -2.25. The Morgan fingerprint density at radius 2 is 2.00 bits per heavy atom. The average molecular weight is 262 g/mol. The van der Waals surface area contributed by atoms with Crippen molar-refractivity contribution in [3.8, 4) is 0 Å². The highest BCUT2D eigenvalue weighted by molar-refractivity contribution is 5.73. The van der Waals surface area contributed by atoms with Crippen LogP contribution in [0.5, 0.6) is 0 Å². The molecule has 1 aliphatic carbocycles. The van der Waals surface area contributed by atoms with Crippen molar-refractivity contribution in [1.82, 2.24) is 10.6 Å². The molecule has 1 aliphatic rings. The molecule has 2 amide bonds. The van der Waals surface area contributed by atoms with E-state index in [0.29, 0.717) is 19.0 Å². The number of aliphatic hydroxyl groups is 1. The van der Waals surface area contributed by atoms with Crippen LogP contribution in [0.2, 0.25) is 0 Å². The van der Waals surface area contributed by atoms with Crippen LogP contribution >= 0.6 is 0 Å². The van der Waals surface area contributed by atoms with Crippen LogP contribution in [0.1, 0.15) is 31.2 Å². The number of aliphatic hydroxyl groups excluding tert-OH is 1. The number of hydrogen-bond acceptors (Lipinski definition) is 2. The molecule has 0 bridgehead atoms. The normalized spacial score (nSPS) is 22.8. The molecule has 19 heavy (non-hydrogen) atoms. The fraction of sp³-hybridized carbons (Fsp3) is 0.533. The summed E-state index contributed by atoms with van der Waals surface area (Å²) < 4.78 is 0. The van der Waals surface area contributed by atoms with Crippen molar-refractivity contribution in [3.63, 3.8) is 0 Å². The number of carbonyl (C=O) groups excluding carboxylic acids is 1. The summed E-state index contributed by atoms with van der Waals surface area (Å²) in [6.45, 7) is 1.19. The summed E-state index contributed by atoms with van der Waals surface area (Å²) in [6, 6.07) is 9.70. The van der Waals surface area contributed by atoms with E-state index in [1.165, 1.54) is 0 Å². The maximum Gasteiger partial charge on any atom is 0.315 e. The summed E-state index contributed by atoms with van der Waals surface area (Å²) in [5.41, 5.74) is 1.09. The molecule has 1 saturated carbocycles. The smallest absolute Gasteiger partial charge is 0.315 e. The summed E-state index contributed by atoms with van der Waals surface area (Å²) in [5, 5.41) is 15.3. The summed E-state index contributed by atoms with van der Waals surface area (Å²) in [6.07, 6.45) is 3.66. The van der Waals surface area contributed by atoms with Crippen LogP contribution in [0, 0.1) is 5.92 Å². The quantitative estimate of drug-likeness (QED) is 0.777. The second-order valence-corrected chi connectivity index (χ2v) is 5.24. The predicted octanol–water partition coefficient (Wildman–Crippen LogP) is 2.04. The van der Waals surface area contributed by atoms with Gasteiger partial charge in [-0.2, -0.15) is 0 Å². The molecule has 4 heteroatoms. The highest BCUT2D eigenvalue weighted by Gasteiger charge is 2.20. The molecule has 2 atom stereocenters. The Morgan fingerprint density at radius 1 is 1.21 bits per heavy atom. The zero-order chi connectivity index (χ0) is 13.5. The van der Waals surface area contributed by atoms with Gasteiger partial charge in [0.2, 0.25) is 0 Å². The number of rotatable bonds is 4. The molecule has 1 aromatic rings. The molecule has 0 saturated heterocycles. The number of carbonyl (C=O) groups is 1. The van der Waals surface area contributed by atoms with Gasteiger partial charge in [-0.05, 0) is 30.7 Å². The van der Waals surface area contributed by atoms with Crippen molar-refractivity contribution < 1.29 is 9.90 Å². The van der Waals surface area contributed by atoms with E-state index in [1.54, 1.807) is 0 Å². The zero-order valence-electron chi connectivity index (χ0n) is 11.1. The lowest BCUT2D eigenvalue weighted by molar-refractivity contribution is 0.101. The Hall–Kier alpha value is -1.55. The summed E-state index contributed by atoms with van der Waals surface area (Å²) >= 11 is 0. The number of urea groups is 1. The molecular formula is C15H22N2O2. The van der Waals surface area contributed by atoms with Crippen LogP contribution < -0.4 is 10.6 Å². The van der Waals surface area contributed by atoms with E-state index >= 15 is 0 Å². The van der Waals surface area contributed by atoms with Gasteiger partial charge in [-0.3, -0.25) is 0 Å². The van der Waals surface area contributed by atoms with E-state index in [0.717, 1.165) is 31.2 Å². The van der Waals surface area contributed by atoms with Gasteiger partial charge in [0.05, 0.1) is 6.10 Å². The van der Waals surface area contributed by atoms with Gasteiger partial charge in [0.25, 0.3) is 0 Å². The minimum absolute atomic E-state index is 0.135. The van der Waals surface area contributed by atoms with Gasteiger partial charge in [0.15, 0.2) is 0 Å². The van der Waals surface area contributed by atoms with Crippen LogP contribution in [0.3, 0.4) is 0 Å². The second kappa shape index (κ2) is 7.14. The standard InChI is InChI=1S/C15H22N2O2/c18-14-8-4-7-13(9-14)11-17-15(19)16-10-12-5-2-1-3-6-12/h1-3,5-6,13-14,18H,4,7-11H2,(H2,16,17,19). The van der Waals surface area contributed by atoms with Gasteiger partial charge in [0.1, 0.15) is 0 Å². The Labute approximate surface area is 114 Å². The van der Waals surface area contributed by atoms with Crippen LogP contribution in [-0.2, 0) is 6.54 Å². The minimum atomic E-state index is -0.187. The van der Waals surface area contributed by atoms with Crippen LogP contribution in [0.25, 0.3) is 0 Å². The van der Waals surface area contributed by atoms with Gasteiger partial charge in [-0.1, -0.05) is 36.8 Å². The largest absolute Gasteiger partial charge is 0.393 e. The molecule has 0 aromatic heterocycles. The Bertz CT molecular complexity index is 394. The first kappa shape index (κ1) is 13.9. The second-order valence-electron chi connectivity index (χ2n) is 5.24. The lowest BCUT2D eigenvalue weighted by Crippen LogP contribution is -2.39. The molecule has 0 aliphatic heterocycles. The van der Waals surface area contributed by atoms with E-state index in [9.17, 15) is 9.90 Å². The molecule has 0 heterocycles. The topological polar surface area (TPSA) is 61.4 Å². The third-order valence-corrected chi connectivity index (χ3v) is 3.60. The van der Waals surface area contributed by atoms with Crippen molar-refractivity contribution in [3.05, 3.63) is 35.9 Å². The summed E-state index contributed by atoms with van der Waals surface area (Å²) in [7, 11) is 0. The van der Waals surface area contributed by atoms with Crippen molar-refractivity contribution in [2.45, 2.75) is 38.3 Å². The van der Waals surface area contributed by atoms with Crippen molar-refractivity contribution >= 4 is 6.03 Å². The fourth-order valence-electron chi connectivity index (χ4n) is 2.53. The molecule has 1 aromatic carbocycles. The van der Waals surface area contributed by atoms with Crippen molar-refractivity contribution in [2.24, 2.45) is 5.92 Å². The Kier molecular flexibility index (Phi) is 5.21. The van der Waals surface area contributed by atoms with E-state index in [4.69, 9.17) is 0 Å². The van der Waals surface area contributed by atoms with Gasteiger partial charge in [-0.15, -0.1) is 0 Å². The number of amides is 2. The van der Waals surface area contributed by atoms with E-state index in [1.807, 2.05) is 30.3 Å². The third kappa shape index (κ3) is 4.91. The molecule has 104 valence electrons. The summed E-state index contributed by atoms with van der Waals surface area (Å²) in [5.74, 6) is 0.409. The molecule has 0 spiro atoms. The molecule has 2 unspecified atom stereocenters. The molecular weight excluding hydrogens is 240 g/mol. The fourth-order valence-corrected chi connectivity index (χ4v) is 2.53. The van der Waals surface area contributed by atoms with Gasteiger partial charge < -0.3 is 15.7 Å². The Morgan fingerprint density at radius 3 is 2.74 bits per heavy atom. The van der Waals surface area contributed by atoms with Gasteiger partial charge in [-0.25, -0.2) is 4.79 Å². The predicted molar refractivity (Wildman–Crippen MR) is 74.6 cm³/mol. The van der Waals surface area contributed by atoms with E-state index in [-0.39, 0.29) is 12.1 Å². The van der Waals surface area contributed by atoms with Gasteiger partial charge >= 0.3 is 6.03 Å². The number of benzene rings is 1. The molecule has 3 N–H and O–H groups in total. The number of hydrogen-bond donors (Lipinski definition) is 3. The lowest BCUT2D eigenvalue weighted by atomic mass is 9.87. The molecule has 0 radical (unpaired) electrons. The first-order valence-corrected chi connectivity index (χ1v) is 6.97. The highest BCUT2D eigenvalue weighted by atomic mass is 16.3.